The Labute approximate surface area is 151 Å². The highest BCUT2D eigenvalue weighted by molar-refractivity contribution is 7.99. The zero-order valence-electron chi connectivity index (χ0n) is 14.2. The van der Waals surface area contributed by atoms with E-state index in [-0.39, 0.29) is 18.5 Å². The van der Waals surface area contributed by atoms with Crippen LogP contribution in [0, 0.1) is 5.92 Å². The smallest absolute Gasteiger partial charge is 0.288 e. The van der Waals surface area contributed by atoms with Crippen molar-refractivity contribution in [3.8, 4) is 0 Å². The molecule has 0 saturated heterocycles. The second kappa shape index (κ2) is 9.53. The molecule has 0 heterocycles. The Hall–Kier alpha value is -1.92. The lowest BCUT2D eigenvalue weighted by Gasteiger charge is -2.22. The molecule has 134 valence electrons. The summed E-state index contributed by atoms with van der Waals surface area (Å²) < 4.78 is 24.6. The number of thioether (sulfide) groups is 1. The zero-order valence-corrected chi connectivity index (χ0v) is 15.0. The predicted octanol–water partition coefficient (Wildman–Crippen LogP) is 4.93. The van der Waals surface area contributed by atoms with Crippen molar-refractivity contribution in [1.82, 2.24) is 5.32 Å². The van der Waals surface area contributed by atoms with E-state index in [2.05, 4.69) is 24.5 Å². The Balaban J connectivity index is 1.89. The summed E-state index contributed by atoms with van der Waals surface area (Å²) in [5.41, 5.74) is 1.73. The van der Waals surface area contributed by atoms with E-state index in [1.54, 1.807) is 24.3 Å². The average molecular weight is 364 g/mol. The molecule has 0 aliphatic heterocycles. The van der Waals surface area contributed by atoms with E-state index in [1.165, 1.54) is 0 Å². The second-order valence-electron chi connectivity index (χ2n) is 5.96. The number of halogens is 2. The molecule has 1 amide bonds. The van der Waals surface area contributed by atoms with Gasteiger partial charge in [-0.2, -0.15) is 8.78 Å². The maximum Gasteiger partial charge on any atom is 0.288 e. The van der Waals surface area contributed by atoms with Crippen LogP contribution < -0.4 is 10.6 Å². The Morgan fingerprint density at radius 1 is 1.04 bits per heavy atom. The van der Waals surface area contributed by atoms with Crippen LogP contribution in [0.3, 0.4) is 0 Å². The van der Waals surface area contributed by atoms with Crippen LogP contribution in [0.25, 0.3) is 0 Å². The summed E-state index contributed by atoms with van der Waals surface area (Å²) in [6.45, 7) is 4.37. The highest BCUT2D eigenvalue weighted by Gasteiger charge is 2.16. The van der Waals surface area contributed by atoms with Crippen LogP contribution in [-0.2, 0) is 4.79 Å². The topological polar surface area (TPSA) is 41.1 Å². The Kier molecular flexibility index (Phi) is 7.40. The van der Waals surface area contributed by atoms with Crippen molar-refractivity contribution in [2.24, 2.45) is 5.92 Å². The molecule has 0 bridgehead atoms. The van der Waals surface area contributed by atoms with Crippen LogP contribution in [0.1, 0.15) is 25.5 Å². The van der Waals surface area contributed by atoms with Gasteiger partial charge in [0.15, 0.2) is 0 Å². The van der Waals surface area contributed by atoms with Gasteiger partial charge < -0.3 is 10.6 Å². The zero-order chi connectivity index (χ0) is 18.2. The summed E-state index contributed by atoms with van der Waals surface area (Å²) in [5.74, 6) is -2.28. The Morgan fingerprint density at radius 3 is 2.24 bits per heavy atom. The molecule has 2 aromatic carbocycles. The largest absolute Gasteiger partial charge is 0.325 e. The number of nitrogens with one attached hydrogen (secondary N) is 2. The van der Waals surface area contributed by atoms with Gasteiger partial charge in [-0.05, 0) is 35.7 Å². The molecule has 1 atom stereocenters. The highest BCUT2D eigenvalue weighted by Crippen LogP contribution is 2.26. The molecule has 0 spiro atoms. The van der Waals surface area contributed by atoms with E-state index in [0.29, 0.717) is 28.3 Å². The normalized spacial score (nSPS) is 12.4. The molecule has 0 aromatic heterocycles. The molecule has 2 rings (SSSR count). The highest BCUT2D eigenvalue weighted by atomic mass is 32.2. The minimum absolute atomic E-state index is 0.0803. The second-order valence-corrected chi connectivity index (χ2v) is 7.03. The lowest BCUT2D eigenvalue weighted by atomic mass is 9.96. The van der Waals surface area contributed by atoms with Crippen molar-refractivity contribution in [1.29, 1.82) is 0 Å². The molecule has 3 nitrogen and oxygen atoms in total. The first-order chi connectivity index (χ1) is 12.0. The van der Waals surface area contributed by atoms with E-state index in [0.717, 1.165) is 5.56 Å². The fourth-order valence-electron chi connectivity index (χ4n) is 2.53. The molecular weight excluding hydrogens is 342 g/mol. The van der Waals surface area contributed by atoms with Gasteiger partial charge in [-0.15, -0.1) is 0 Å². The van der Waals surface area contributed by atoms with Crippen molar-refractivity contribution in [3.05, 3.63) is 60.2 Å². The van der Waals surface area contributed by atoms with Crippen LogP contribution in [-0.4, -0.2) is 18.2 Å². The van der Waals surface area contributed by atoms with E-state index in [1.807, 2.05) is 30.3 Å². The summed E-state index contributed by atoms with van der Waals surface area (Å²) in [4.78, 5) is 12.6. The number of benzene rings is 2. The summed E-state index contributed by atoms with van der Waals surface area (Å²) >= 11 is 0.483. The van der Waals surface area contributed by atoms with Gasteiger partial charge in [0, 0.05) is 16.6 Å². The third kappa shape index (κ3) is 6.48. The lowest BCUT2D eigenvalue weighted by Crippen LogP contribution is -2.33. The number of alkyl halides is 2. The number of rotatable bonds is 8. The first-order valence-corrected chi connectivity index (χ1v) is 8.96. The van der Waals surface area contributed by atoms with E-state index < -0.39 is 5.76 Å². The molecule has 2 N–H and O–H groups in total. The monoisotopic (exact) mass is 364 g/mol. The van der Waals surface area contributed by atoms with E-state index >= 15 is 0 Å². The molecule has 0 aliphatic carbocycles. The molecule has 0 saturated carbocycles. The van der Waals surface area contributed by atoms with Gasteiger partial charge in [-0.1, -0.05) is 55.9 Å². The van der Waals surface area contributed by atoms with Crippen molar-refractivity contribution < 1.29 is 13.6 Å². The first kappa shape index (κ1) is 19.4. The van der Waals surface area contributed by atoms with Crippen molar-refractivity contribution in [2.45, 2.75) is 30.5 Å². The van der Waals surface area contributed by atoms with Gasteiger partial charge in [0.1, 0.15) is 0 Å². The number of hydrogen-bond donors (Lipinski definition) is 2. The third-order valence-electron chi connectivity index (χ3n) is 3.67. The van der Waals surface area contributed by atoms with Crippen LogP contribution in [0.5, 0.6) is 0 Å². The van der Waals surface area contributed by atoms with Gasteiger partial charge in [0.05, 0.1) is 6.54 Å². The molecule has 0 radical (unpaired) electrons. The predicted molar refractivity (Wildman–Crippen MR) is 99.0 cm³/mol. The van der Waals surface area contributed by atoms with Crippen molar-refractivity contribution in [2.75, 3.05) is 11.9 Å². The van der Waals surface area contributed by atoms with Gasteiger partial charge in [-0.25, -0.2) is 0 Å². The summed E-state index contributed by atoms with van der Waals surface area (Å²) in [6, 6.07) is 16.5. The van der Waals surface area contributed by atoms with E-state index in [9.17, 15) is 13.6 Å². The molecule has 0 aliphatic rings. The number of carbonyl (C=O) groups is 1. The average Bonchev–Trinajstić information content (AvgIpc) is 2.57. The standard InChI is InChI=1S/C19H22F2N2OS/c1-13(2)18(14-6-4-3-5-7-14)22-12-17(24)23-15-8-10-16(11-9-15)25-19(20)21/h3-11,13,18-19,22H,12H2,1-2H3,(H,23,24)/t18-/m0/s1. The van der Waals surface area contributed by atoms with Gasteiger partial charge in [0.25, 0.3) is 5.76 Å². The first-order valence-electron chi connectivity index (χ1n) is 8.08. The Morgan fingerprint density at radius 2 is 1.68 bits per heavy atom. The molecule has 2 aromatic rings. The lowest BCUT2D eigenvalue weighted by molar-refractivity contribution is -0.115. The molecule has 0 unspecified atom stereocenters. The van der Waals surface area contributed by atoms with Gasteiger partial charge >= 0.3 is 0 Å². The van der Waals surface area contributed by atoms with Crippen LogP contribution in [0.15, 0.2) is 59.5 Å². The van der Waals surface area contributed by atoms with Crippen LogP contribution in [0.2, 0.25) is 0 Å². The quantitative estimate of drug-likeness (QED) is 0.653. The fraction of sp³-hybridized carbons (Fsp3) is 0.316. The Bertz CT molecular complexity index is 663. The number of hydrogen-bond acceptors (Lipinski definition) is 3. The third-order valence-corrected chi connectivity index (χ3v) is 4.39. The minimum atomic E-state index is -2.45. The molecule has 6 heteroatoms. The minimum Gasteiger partial charge on any atom is -0.325 e. The molecule has 0 fully saturated rings. The van der Waals surface area contributed by atoms with Crippen LogP contribution in [0.4, 0.5) is 14.5 Å². The SMILES string of the molecule is CC(C)[C@H](NCC(=O)Nc1ccc(SC(F)F)cc1)c1ccccc1. The number of carbonyl (C=O) groups excluding carboxylic acids is 1. The van der Waals surface area contributed by atoms with E-state index in [4.69, 9.17) is 0 Å². The maximum absolute atomic E-state index is 12.3. The van der Waals surface area contributed by atoms with Crippen molar-refractivity contribution in [3.63, 3.8) is 0 Å². The maximum atomic E-state index is 12.3. The summed E-state index contributed by atoms with van der Waals surface area (Å²) in [7, 11) is 0. The molecular formula is C19H22F2N2OS. The number of anilines is 1. The summed E-state index contributed by atoms with van der Waals surface area (Å²) in [6.07, 6.45) is 0. The van der Waals surface area contributed by atoms with Crippen LogP contribution >= 0.6 is 11.8 Å². The van der Waals surface area contributed by atoms with Gasteiger partial charge in [0.2, 0.25) is 5.91 Å². The van der Waals surface area contributed by atoms with Gasteiger partial charge in [-0.3, -0.25) is 4.79 Å². The molecule has 25 heavy (non-hydrogen) atoms. The summed E-state index contributed by atoms with van der Waals surface area (Å²) in [5, 5.41) is 6.05. The number of amides is 1. The fourth-order valence-corrected chi connectivity index (χ4v) is 3.03. The van der Waals surface area contributed by atoms with Crippen molar-refractivity contribution >= 4 is 23.4 Å².